The topological polar surface area (TPSA) is 46.5 Å². The van der Waals surface area contributed by atoms with Crippen molar-refractivity contribution >= 4 is 11.0 Å². The number of aromatic nitrogens is 4. The Balaban J connectivity index is 2.03. The number of rotatable bonds is 3. The number of hydrogen-bond acceptors (Lipinski definition) is 2. The number of H-pyrrole nitrogens is 1. The summed E-state index contributed by atoms with van der Waals surface area (Å²) in [5.41, 5.74) is 3.73. The number of benzene rings is 1. The van der Waals surface area contributed by atoms with Crippen LogP contribution in [0.1, 0.15) is 6.92 Å². The van der Waals surface area contributed by atoms with Crippen LogP contribution in [0.25, 0.3) is 33.4 Å². The molecule has 4 rings (SSSR count). The third-order valence-corrected chi connectivity index (χ3v) is 3.94. The van der Waals surface area contributed by atoms with Gasteiger partial charge in [-0.25, -0.2) is 9.37 Å². The molecular weight excluding hydrogens is 291 g/mol. The first-order chi connectivity index (χ1) is 11.3. The second kappa shape index (κ2) is 5.35. The Labute approximate surface area is 132 Å². The van der Waals surface area contributed by atoms with Crippen molar-refractivity contribution in [1.82, 2.24) is 19.7 Å². The lowest BCUT2D eigenvalue weighted by Crippen LogP contribution is -1.93. The van der Waals surface area contributed by atoms with E-state index in [-0.39, 0.29) is 5.82 Å². The SMILES string of the molecule is CCn1cc(-c2c(F)cnc3[nH]ccc23)c(-c2ccccc2)n1. The van der Waals surface area contributed by atoms with Crippen molar-refractivity contribution in [2.45, 2.75) is 13.5 Å². The Morgan fingerprint density at radius 2 is 2.00 bits per heavy atom. The number of aryl methyl sites for hydroxylation is 1. The molecule has 0 aliphatic carbocycles. The molecule has 0 amide bonds. The first kappa shape index (κ1) is 13.7. The molecule has 1 aromatic carbocycles. The van der Waals surface area contributed by atoms with E-state index in [9.17, 15) is 4.39 Å². The Morgan fingerprint density at radius 1 is 1.17 bits per heavy atom. The lowest BCUT2D eigenvalue weighted by molar-refractivity contribution is 0.627. The summed E-state index contributed by atoms with van der Waals surface area (Å²) in [6, 6.07) is 11.7. The highest BCUT2D eigenvalue weighted by molar-refractivity contribution is 5.97. The van der Waals surface area contributed by atoms with E-state index in [2.05, 4.69) is 15.1 Å². The van der Waals surface area contributed by atoms with Gasteiger partial charge in [0.05, 0.1) is 6.20 Å². The number of aromatic amines is 1. The Hall–Kier alpha value is -2.95. The van der Waals surface area contributed by atoms with Crippen molar-refractivity contribution in [2.75, 3.05) is 0 Å². The lowest BCUT2D eigenvalue weighted by atomic mass is 10.00. The van der Waals surface area contributed by atoms with Gasteiger partial charge in [0.1, 0.15) is 17.2 Å². The zero-order valence-corrected chi connectivity index (χ0v) is 12.6. The van der Waals surface area contributed by atoms with Crippen LogP contribution >= 0.6 is 0 Å². The molecule has 0 unspecified atom stereocenters. The van der Waals surface area contributed by atoms with Crippen molar-refractivity contribution in [2.24, 2.45) is 0 Å². The van der Waals surface area contributed by atoms with Gasteiger partial charge in [-0.05, 0) is 13.0 Å². The van der Waals surface area contributed by atoms with Gasteiger partial charge in [0, 0.05) is 41.0 Å². The molecule has 3 aromatic heterocycles. The minimum absolute atomic E-state index is 0.343. The summed E-state index contributed by atoms with van der Waals surface area (Å²) < 4.78 is 16.4. The standard InChI is InChI=1S/C18H15FN4/c1-2-23-11-14(17(22-23)12-6-4-3-5-7-12)16-13-8-9-20-18(13)21-10-15(16)19/h3-11H,2H2,1H3,(H,20,21). The van der Waals surface area contributed by atoms with E-state index in [1.54, 1.807) is 6.20 Å². The summed E-state index contributed by atoms with van der Waals surface area (Å²) in [6.07, 6.45) is 4.92. The van der Waals surface area contributed by atoms with Crippen LogP contribution in [0.2, 0.25) is 0 Å². The average Bonchev–Trinajstić information content (AvgIpc) is 3.22. The Kier molecular flexibility index (Phi) is 3.19. The number of halogens is 1. The predicted octanol–water partition coefficient (Wildman–Crippen LogP) is 4.25. The van der Waals surface area contributed by atoms with Gasteiger partial charge in [-0.15, -0.1) is 0 Å². The molecule has 3 heterocycles. The molecule has 0 fully saturated rings. The molecule has 23 heavy (non-hydrogen) atoms. The second-order valence-corrected chi connectivity index (χ2v) is 5.33. The summed E-state index contributed by atoms with van der Waals surface area (Å²) in [5, 5.41) is 5.39. The molecule has 4 aromatic rings. The normalized spacial score (nSPS) is 11.2. The molecule has 4 nitrogen and oxygen atoms in total. The third-order valence-electron chi connectivity index (χ3n) is 3.94. The van der Waals surface area contributed by atoms with Crippen LogP contribution in [0.5, 0.6) is 0 Å². The summed E-state index contributed by atoms with van der Waals surface area (Å²) >= 11 is 0. The predicted molar refractivity (Wildman–Crippen MR) is 88.4 cm³/mol. The Bertz CT molecular complexity index is 969. The van der Waals surface area contributed by atoms with Gasteiger partial charge in [-0.1, -0.05) is 30.3 Å². The number of hydrogen-bond donors (Lipinski definition) is 1. The number of nitrogens with one attached hydrogen (secondary N) is 1. The first-order valence-corrected chi connectivity index (χ1v) is 7.52. The minimum atomic E-state index is -0.343. The van der Waals surface area contributed by atoms with Crippen LogP contribution in [0.3, 0.4) is 0 Å². The zero-order chi connectivity index (χ0) is 15.8. The van der Waals surface area contributed by atoms with Crippen molar-refractivity contribution in [1.29, 1.82) is 0 Å². The molecule has 0 atom stereocenters. The maximum absolute atomic E-state index is 14.6. The van der Waals surface area contributed by atoms with Crippen LogP contribution in [0, 0.1) is 5.82 Å². The van der Waals surface area contributed by atoms with E-state index in [0.29, 0.717) is 11.2 Å². The van der Waals surface area contributed by atoms with Gasteiger partial charge < -0.3 is 4.98 Å². The summed E-state index contributed by atoms with van der Waals surface area (Å²) in [5.74, 6) is -0.343. The number of fused-ring (bicyclic) bond motifs is 1. The Morgan fingerprint density at radius 3 is 2.78 bits per heavy atom. The maximum Gasteiger partial charge on any atom is 0.150 e. The van der Waals surface area contributed by atoms with Crippen molar-refractivity contribution in [3.8, 4) is 22.4 Å². The summed E-state index contributed by atoms with van der Waals surface area (Å²) in [6.45, 7) is 2.74. The minimum Gasteiger partial charge on any atom is -0.346 e. The maximum atomic E-state index is 14.6. The second-order valence-electron chi connectivity index (χ2n) is 5.33. The van der Waals surface area contributed by atoms with E-state index in [1.807, 2.05) is 54.2 Å². The fraction of sp³-hybridized carbons (Fsp3) is 0.111. The van der Waals surface area contributed by atoms with Gasteiger partial charge in [0.25, 0.3) is 0 Å². The van der Waals surface area contributed by atoms with E-state index >= 15 is 0 Å². The fourth-order valence-electron chi connectivity index (χ4n) is 2.83. The molecule has 0 bridgehead atoms. The van der Waals surface area contributed by atoms with Crippen LogP contribution in [-0.2, 0) is 6.54 Å². The monoisotopic (exact) mass is 306 g/mol. The molecular formula is C18H15FN4. The first-order valence-electron chi connectivity index (χ1n) is 7.52. The van der Waals surface area contributed by atoms with Gasteiger partial charge in [-0.2, -0.15) is 5.10 Å². The van der Waals surface area contributed by atoms with Crippen molar-refractivity contribution in [3.05, 3.63) is 60.8 Å². The van der Waals surface area contributed by atoms with Crippen LogP contribution in [-0.4, -0.2) is 19.7 Å². The van der Waals surface area contributed by atoms with Crippen LogP contribution < -0.4 is 0 Å². The van der Waals surface area contributed by atoms with Gasteiger partial charge in [0.15, 0.2) is 0 Å². The van der Waals surface area contributed by atoms with Gasteiger partial charge in [-0.3, -0.25) is 4.68 Å². The zero-order valence-electron chi connectivity index (χ0n) is 12.6. The molecule has 0 saturated carbocycles. The average molecular weight is 306 g/mol. The molecule has 5 heteroatoms. The number of pyridine rings is 1. The highest BCUT2D eigenvalue weighted by Gasteiger charge is 2.19. The van der Waals surface area contributed by atoms with Crippen LogP contribution in [0.4, 0.5) is 4.39 Å². The molecule has 114 valence electrons. The lowest BCUT2D eigenvalue weighted by Gasteiger charge is -2.05. The highest BCUT2D eigenvalue weighted by Crippen LogP contribution is 2.36. The smallest absolute Gasteiger partial charge is 0.150 e. The summed E-state index contributed by atoms with van der Waals surface area (Å²) in [4.78, 5) is 7.13. The molecule has 0 aliphatic heterocycles. The largest absolute Gasteiger partial charge is 0.346 e. The van der Waals surface area contributed by atoms with E-state index in [0.717, 1.165) is 28.8 Å². The molecule has 0 aliphatic rings. The van der Waals surface area contributed by atoms with Gasteiger partial charge in [0.2, 0.25) is 0 Å². The fourth-order valence-corrected chi connectivity index (χ4v) is 2.83. The van der Waals surface area contributed by atoms with E-state index < -0.39 is 0 Å². The highest BCUT2D eigenvalue weighted by atomic mass is 19.1. The quantitative estimate of drug-likeness (QED) is 0.615. The molecule has 0 radical (unpaired) electrons. The number of nitrogens with zero attached hydrogens (tertiary/aromatic N) is 3. The van der Waals surface area contributed by atoms with E-state index in [1.165, 1.54) is 6.20 Å². The molecule has 0 saturated heterocycles. The van der Waals surface area contributed by atoms with E-state index in [4.69, 9.17) is 0 Å². The van der Waals surface area contributed by atoms with Crippen molar-refractivity contribution < 1.29 is 4.39 Å². The van der Waals surface area contributed by atoms with Crippen molar-refractivity contribution in [3.63, 3.8) is 0 Å². The van der Waals surface area contributed by atoms with Crippen LogP contribution in [0.15, 0.2) is 55.0 Å². The summed E-state index contributed by atoms with van der Waals surface area (Å²) in [7, 11) is 0. The van der Waals surface area contributed by atoms with Gasteiger partial charge >= 0.3 is 0 Å². The molecule has 1 N–H and O–H groups in total. The molecule has 0 spiro atoms. The third kappa shape index (κ3) is 2.21.